The second kappa shape index (κ2) is 5.66. The monoisotopic (exact) mass is 281 g/mol. The molecule has 0 amide bonds. The van der Waals surface area contributed by atoms with Gasteiger partial charge in [0.05, 0.1) is 19.1 Å². The standard InChI is InChI=1S/C12H12BrNO2/c1-8(15)6-9(7-14)12-10(13)4-3-5-11(12)16-2/h3-5,9H,6H2,1-2H3. The second-order valence-electron chi connectivity index (χ2n) is 3.44. The molecule has 1 aromatic rings. The molecular weight excluding hydrogens is 270 g/mol. The first kappa shape index (κ1) is 12.7. The van der Waals surface area contributed by atoms with Crippen molar-refractivity contribution >= 4 is 21.7 Å². The van der Waals surface area contributed by atoms with Crippen molar-refractivity contribution < 1.29 is 9.53 Å². The van der Waals surface area contributed by atoms with E-state index >= 15 is 0 Å². The largest absolute Gasteiger partial charge is 0.496 e. The van der Waals surface area contributed by atoms with Gasteiger partial charge in [-0.25, -0.2) is 0 Å². The topological polar surface area (TPSA) is 50.1 Å². The zero-order valence-corrected chi connectivity index (χ0v) is 10.7. The Hall–Kier alpha value is -1.34. The number of methoxy groups -OCH3 is 1. The molecule has 0 fully saturated rings. The van der Waals surface area contributed by atoms with Crippen LogP contribution in [0, 0.1) is 11.3 Å². The Morgan fingerprint density at radius 3 is 2.81 bits per heavy atom. The van der Waals surface area contributed by atoms with Gasteiger partial charge in [-0.05, 0) is 19.1 Å². The van der Waals surface area contributed by atoms with Crippen LogP contribution in [0.2, 0.25) is 0 Å². The van der Waals surface area contributed by atoms with Crippen molar-refractivity contribution in [3.63, 3.8) is 0 Å². The zero-order valence-electron chi connectivity index (χ0n) is 9.16. The van der Waals surface area contributed by atoms with Gasteiger partial charge in [-0.2, -0.15) is 5.26 Å². The molecule has 3 nitrogen and oxygen atoms in total. The molecular formula is C12H12BrNO2. The lowest BCUT2D eigenvalue weighted by molar-refractivity contribution is -0.117. The summed E-state index contributed by atoms with van der Waals surface area (Å²) in [6, 6.07) is 7.58. The van der Waals surface area contributed by atoms with E-state index in [1.165, 1.54) is 6.92 Å². The van der Waals surface area contributed by atoms with Crippen LogP contribution in [0.3, 0.4) is 0 Å². The van der Waals surface area contributed by atoms with Gasteiger partial charge in [-0.15, -0.1) is 0 Å². The lowest BCUT2D eigenvalue weighted by atomic mass is 9.95. The maximum absolute atomic E-state index is 11.1. The Bertz CT molecular complexity index is 437. The number of carbonyl (C=O) groups is 1. The highest BCUT2D eigenvalue weighted by atomic mass is 79.9. The quantitative estimate of drug-likeness (QED) is 0.852. The molecule has 0 radical (unpaired) electrons. The molecule has 0 heterocycles. The molecule has 1 atom stereocenters. The van der Waals surface area contributed by atoms with Gasteiger partial charge in [0.25, 0.3) is 0 Å². The fourth-order valence-corrected chi connectivity index (χ4v) is 2.16. The molecule has 0 saturated carbocycles. The number of Topliss-reactive ketones (excluding diaryl/α,β-unsaturated/α-hetero) is 1. The molecule has 1 aromatic carbocycles. The van der Waals surface area contributed by atoms with Crippen LogP contribution >= 0.6 is 15.9 Å². The summed E-state index contributed by atoms with van der Waals surface area (Å²) in [5.41, 5.74) is 0.739. The van der Waals surface area contributed by atoms with E-state index in [0.717, 1.165) is 10.0 Å². The predicted octanol–water partition coefficient (Wildman–Crippen LogP) is 3.04. The van der Waals surface area contributed by atoms with Crippen molar-refractivity contribution in [3.05, 3.63) is 28.2 Å². The number of carbonyl (C=O) groups excluding carboxylic acids is 1. The van der Waals surface area contributed by atoms with Gasteiger partial charge in [-0.3, -0.25) is 4.79 Å². The van der Waals surface area contributed by atoms with E-state index in [1.807, 2.05) is 12.1 Å². The van der Waals surface area contributed by atoms with Crippen LogP contribution < -0.4 is 4.74 Å². The van der Waals surface area contributed by atoms with Crippen LogP contribution in [0.5, 0.6) is 5.75 Å². The summed E-state index contributed by atoms with van der Waals surface area (Å²) >= 11 is 3.38. The Kier molecular flexibility index (Phi) is 4.51. The Labute approximate surface area is 103 Å². The summed E-state index contributed by atoms with van der Waals surface area (Å²) in [5.74, 6) is 0.148. The summed E-state index contributed by atoms with van der Waals surface area (Å²) < 4.78 is 5.99. The van der Waals surface area contributed by atoms with Gasteiger partial charge < -0.3 is 4.74 Å². The van der Waals surface area contributed by atoms with E-state index in [4.69, 9.17) is 10.00 Å². The van der Waals surface area contributed by atoms with Crippen LogP contribution in [-0.2, 0) is 4.79 Å². The van der Waals surface area contributed by atoms with Crippen molar-refractivity contribution in [2.24, 2.45) is 0 Å². The minimum Gasteiger partial charge on any atom is -0.496 e. The van der Waals surface area contributed by atoms with Crippen molar-refractivity contribution in [1.29, 1.82) is 5.26 Å². The van der Waals surface area contributed by atoms with Crippen LogP contribution in [-0.4, -0.2) is 12.9 Å². The third kappa shape index (κ3) is 2.83. The molecule has 0 saturated heterocycles. The summed E-state index contributed by atoms with van der Waals surface area (Å²) in [7, 11) is 1.55. The summed E-state index contributed by atoms with van der Waals surface area (Å²) in [4.78, 5) is 11.1. The fourth-order valence-electron chi connectivity index (χ4n) is 1.53. The molecule has 1 unspecified atom stereocenters. The van der Waals surface area contributed by atoms with Gasteiger partial charge in [0.1, 0.15) is 11.5 Å². The maximum atomic E-state index is 11.1. The van der Waals surface area contributed by atoms with E-state index < -0.39 is 5.92 Å². The summed E-state index contributed by atoms with van der Waals surface area (Å²) in [6.07, 6.45) is 0.204. The minimum absolute atomic E-state index is 0.00986. The molecule has 16 heavy (non-hydrogen) atoms. The molecule has 1 rings (SSSR count). The van der Waals surface area contributed by atoms with Crippen LogP contribution in [0.4, 0.5) is 0 Å². The average Bonchev–Trinajstić information content (AvgIpc) is 2.25. The van der Waals surface area contributed by atoms with Gasteiger partial charge in [0.15, 0.2) is 0 Å². The fraction of sp³-hybridized carbons (Fsp3) is 0.333. The van der Waals surface area contributed by atoms with Crippen LogP contribution in [0.15, 0.2) is 22.7 Å². The van der Waals surface area contributed by atoms with Gasteiger partial charge in [0.2, 0.25) is 0 Å². The number of benzene rings is 1. The lowest BCUT2D eigenvalue weighted by Crippen LogP contribution is -2.05. The van der Waals surface area contributed by atoms with E-state index in [1.54, 1.807) is 13.2 Å². The SMILES string of the molecule is COc1cccc(Br)c1C(C#N)CC(C)=O. The normalized spacial score (nSPS) is 11.6. The number of hydrogen-bond acceptors (Lipinski definition) is 3. The number of ether oxygens (including phenoxy) is 1. The van der Waals surface area contributed by atoms with Crippen molar-refractivity contribution in [2.75, 3.05) is 7.11 Å². The molecule has 0 aliphatic heterocycles. The molecule has 0 spiro atoms. The van der Waals surface area contributed by atoms with E-state index in [9.17, 15) is 4.79 Å². The van der Waals surface area contributed by atoms with Crippen LogP contribution in [0.25, 0.3) is 0 Å². The Morgan fingerprint density at radius 2 is 2.31 bits per heavy atom. The zero-order chi connectivity index (χ0) is 12.1. The Morgan fingerprint density at radius 1 is 1.62 bits per heavy atom. The van der Waals surface area contributed by atoms with Gasteiger partial charge in [0, 0.05) is 16.5 Å². The molecule has 4 heteroatoms. The highest BCUT2D eigenvalue weighted by molar-refractivity contribution is 9.10. The second-order valence-corrected chi connectivity index (χ2v) is 4.30. The van der Waals surface area contributed by atoms with Gasteiger partial charge >= 0.3 is 0 Å². The first-order chi connectivity index (χ1) is 7.60. The molecule has 0 aliphatic carbocycles. The number of nitrogens with zero attached hydrogens (tertiary/aromatic N) is 1. The number of halogens is 1. The highest BCUT2D eigenvalue weighted by Crippen LogP contribution is 2.35. The predicted molar refractivity (Wildman–Crippen MR) is 64.3 cm³/mol. The van der Waals surface area contributed by atoms with E-state index in [-0.39, 0.29) is 12.2 Å². The van der Waals surface area contributed by atoms with Gasteiger partial charge in [-0.1, -0.05) is 22.0 Å². The van der Waals surface area contributed by atoms with Crippen molar-refractivity contribution in [3.8, 4) is 11.8 Å². The van der Waals surface area contributed by atoms with Crippen molar-refractivity contribution in [1.82, 2.24) is 0 Å². The molecule has 0 aromatic heterocycles. The first-order valence-corrected chi connectivity index (χ1v) is 5.61. The number of hydrogen-bond donors (Lipinski definition) is 0. The number of ketones is 1. The third-order valence-corrected chi connectivity index (χ3v) is 2.92. The lowest BCUT2D eigenvalue weighted by Gasteiger charge is -2.14. The minimum atomic E-state index is -0.469. The van der Waals surface area contributed by atoms with E-state index in [2.05, 4.69) is 22.0 Å². The van der Waals surface area contributed by atoms with Crippen molar-refractivity contribution in [2.45, 2.75) is 19.3 Å². The third-order valence-electron chi connectivity index (χ3n) is 2.23. The average molecular weight is 282 g/mol. The highest BCUT2D eigenvalue weighted by Gasteiger charge is 2.20. The molecule has 0 N–H and O–H groups in total. The smallest absolute Gasteiger partial charge is 0.131 e. The Balaban J connectivity index is 3.18. The molecule has 84 valence electrons. The molecule has 0 aliphatic rings. The summed E-state index contributed by atoms with van der Waals surface area (Å²) in [5, 5.41) is 9.09. The maximum Gasteiger partial charge on any atom is 0.131 e. The van der Waals surface area contributed by atoms with Crippen LogP contribution in [0.1, 0.15) is 24.8 Å². The molecule has 0 bridgehead atoms. The number of nitriles is 1. The number of rotatable bonds is 4. The summed E-state index contributed by atoms with van der Waals surface area (Å²) in [6.45, 7) is 1.48. The first-order valence-electron chi connectivity index (χ1n) is 4.81. The van der Waals surface area contributed by atoms with E-state index in [0.29, 0.717) is 5.75 Å².